The molecule has 2 N–H and O–H groups in total. The summed E-state index contributed by atoms with van der Waals surface area (Å²) in [7, 11) is -1.61. The first-order valence-corrected chi connectivity index (χ1v) is 6.69. The van der Waals surface area contributed by atoms with Gasteiger partial charge in [-0.15, -0.1) is 0 Å². The summed E-state index contributed by atoms with van der Waals surface area (Å²) < 4.78 is 26.8. The molecule has 15 heavy (non-hydrogen) atoms. The minimum absolute atomic E-state index is 0.247. The summed E-state index contributed by atoms with van der Waals surface area (Å²) in [6.07, 6.45) is 0. The van der Waals surface area contributed by atoms with E-state index in [9.17, 15) is 8.42 Å². The van der Waals surface area contributed by atoms with Crippen LogP contribution in [0.1, 0.15) is 13.8 Å². The molecule has 0 aliphatic carbocycles. The van der Waals surface area contributed by atoms with Crippen molar-refractivity contribution in [2.45, 2.75) is 13.8 Å². The molecule has 1 aliphatic rings. The molecule has 6 heteroatoms. The molecule has 1 rings (SSSR count). The highest BCUT2D eigenvalue weighted by molar-refractivity contribution is 7.86. The molecule has 1 atom stereocenters. The molecule has 0 aromatic carbocycles. The summed E-state index contributed by atoms with van der Waals surface area (Å²) in [5, 5.41) is 0. The monoisotopic (exact) mass is 235 g/mol. The summed E-state index contributed by atoms with van der Waals surface area (Å²) >= 11 is 0. The van der Waals surface area contributed by atoms with E-state index in [1.165, 1.54) is 4.31 Å². The van der Waals surface area contributed by atoms with Gasteiger partial charge in [0.25, 0.3) is 10.2 Å². The minimum atomic E-state index is -3.23. The molecule has 1 saturated heterocycles. The molecule has 5 nitrogen and oxygen atoms in total. The number of hydrogen-bond donors (Lipinski definition) is 1. The van der Waals surface area contributed by atoms with Crippen LogP contribution in [0, 0.1) is 11.8 Å². The third kappa shape index (κ3) is 2.90. The van der Waals surface area contributed by atoms with Crippen LogP contribution in [0.5, 0.6) is 0 Å². The maximum absolute atomic E-state index is 11.9. The third-order valence-corrected chi connectivity index (χ3v) is 4.49. The number of hydrogen-bond acceptors (Lipinski definition) is 3. The highest BCUT2D eigenvalue weighted by Gasteiger charge is 2.35. The first-order chi connectivity index (χ1) is 6.87. The lowest BCUT2D eigenvalue weighted by Crippen LogP contribution is -2.54. The minimum Gasteiger partial charge on any atom is -0.330 e. The van der Waals surface area contributed by atoms with Gasteiger partial charge in [-0.3, -0.25) is 0 Å². The summed E-state index contributed by atoms with van der Waals surface area (Å²) in [6.45, 7) is 6.23. The van der Waals surface area contributed by atoms with E-state index in [2.05, 4.69) is 0 Å². The Kier molecular flexibility index (Phi) is 4.11. The number of nitrogens with two attached hydrogens (primary N) is 1. The largest absolute Gasteiger partial charge is 0.330 e. The van der Waals surface area contributed by atoms with Crippen LogP contribution in [0.25, 0.3) is 0 Å². The summed E-state index contributed by atoms with van der Waals surface area (Å²) in [6, 6.07) is 0. The lowest BCUT2D eigenvalue weighted by molar-refractivity contribution is 0.232. The van der Waals surface area contributed by atoms with Crippen molar-refractivity contribution >= 4 is 10.2 Å². The second kappa shape index (κ2) is 4.78. The zero-order chi connectivity index (χ0) is 11.6. The van der Waals surface area contributed by atoms with Crippen molar-refractivity contribution in [2.24, 2.45) is 17.6 Å². The van der Waals surface area contributed by atoms with Crippen LogP contribution in [0.4, 0.5) is 0 Å². The Bertz CT molecular complexity index is 302. The van der Waals surface area contributed by atoms with Gasteiger partial charge in [-0.2, -0.15) is 17.0 Å². The molecule has 0 bridgehead atoms. The van der Waals surface area contributed by atoms with Gasteiger partial charge < -0.3 is 5.73 Å². The van der Waals surface area contributed by atoms with E-state index in [0.717, 1.165) is 0 Å². The SMILES string of the molecule is CC(C)CN1CC(CN)CN(C)S1(=O)=O. The highest BCUT2D eigenvalue weighted by Crippen LogP contribution is 2.19. The molecular weight excluding hydrogens is 214 g/mol. The maximum Gasteiger partial charge on any atom is 0.281 e. The van der Waals surface area contributed by atoms with Crippen molar-refractivity contribution < 1.29 is 8.42 Å². The Hall–Kier alpha value is -0.170. The summed E-state index contributed by atoms with van der Waals surface area (Å²) in [5.74, 6) is 0.585. The Labute approximate surface area is 92.4 Å². The van der Waals surface area contributed by atoms with Crippen LogP contribution in [0.15, 0.2) is 0 Å². The summed E-state index contributed by atoms with van der Waals surface area (Å²) in [4.78, 5) is 0. The normalized spacial score (nSPS) is 28.5. The van der Waals surface area contributed by atoms with Gasteiger partial charge in [-0.1, -0.05) is 13.8 Å². The molecular formula is C9H21N3O2S. The molecule has 0 saturated carbocycles. The molecule has 0 spiro atoms. The van der Waals surface area contributed by atoms with Gasteiger partial charge in [0.2, 0.25) is 0 Å². The van der Waals surface area contributed by atoms with Gasteiger partial charge in [0.15, 0.2) is 0 Å². The van der Waals surface area contributed by atoms with Crippen molar-refractivity contribution in [1.82, 2.24) is 8.61 Å². The standard InChI is InChI=1S/C9H21N3O2S/c1-8(2)5-12-7-9(4-10)6-11(3)15(12,13)14/h8-9H,4-7,10H2,1-3H3. The quantitative estimate of drug-likeness (QED) is 0.731. The van der Waals surface area contributed by atoms with E-state index >= 15 is 0 Å². The van der Waals surface area contributed by atoms with E-state index < -0.39 is 10.2 Å². The lowest BCUT2D eigenvalue weighted by atomic mass is 10.1. The first-order valence-electron chi connectivity index (χ1n) is 5.29. The van der Waals surface area contributed by atoms with Gasteiger partial charge >= 0.3 is 0 Å². The molecule has 90 valence electrons. The third-order valence-electron chi connectivity index (χ3n) is 2.60. The van der Waals surface area contributed by atoms with Gasteiger partial charge in [-0.25, -0.2) is 0 Å². The van der Waals surface area contributed by atoms with Crippen LogP contribution in [-0.4, -0.2) is 50.3 Å². The second-order valence-electron chi connectivity index (χ2n) is 4.60. The smallest absolute Gasteiger partial charge is 0.281 e. The van der Waals surface area contributed by atoms with E-state index in [1.807, 2.05) is 13.8 Å². The van der Waals surface area contributed by atoms with Crippen molar-refractivity contribution in [2.75, 3.05) is 33.2 Å². The van der Waals surface area contributed by atoms with Crippen molar-refractivity contribution in [3.63, 3.8) is 0 Å². The van der Waals surface area contributed by atoms with Crippen LogP contribution in [-0.2, 0) is 10.2 Å². The molecule has 0 aromatic rings. The number of nitrogens with zero attached hydrogens (tertiary/aromatic N) is 2. The molecule has 0 aromatic heterocycles. The highest BCUT2D eigenvalue weighted by atomic mass is 32.2. The number of rotatable bonds is 3. The van der Waals surface area contributed by atoms with Gasteiger partial charge in [0, 0.05) is 26.7 Å². The van der Waals surface area contributed by atoms with E-state index in [1.54, 1.807) is 11.4 Å². The second-order valence-corrected chi connectivity index (χ2v) is 6.64. The van der Waals surface area contributed by atoms with Crippen LogP contribution < -0.4 is 5.73 Å². The van der Waals surface area contributed by atoms with Crippen LogP contribution in [0.2, 0.25) is 0 Å². The maximum atomic E-state index is 11.9. The average Bonchev–Trinajstić information content (AvgIpc) is 2.12. The van der Waals surface area contributed by atoms with Crippen LogP contribution in [0.3, 0.4) is 0 Å². The first kappa shape index (κ1) is 12.9. The Morgan fingerprint density at radius 1 is 1.40 bits per heavy atom. The van der Waals surface area contributed by atoms with E-state index in [-0.39, 0.29) is 5.92 Å². The molecule has 0 radical (unpaired) electrons. The van der Waals surface area contributed by atoms with Crippen LogP contribution >= 0.6 is 0 Å². The predicted molar refractivity (Wildman–Crippen MR) is 60.5 cm³/mol. The van der Waals surface area contributed by atoms with Gasteiger partial charge in [-0.05, 0) is 18.4 Å². The molecule has 1 fully saturated rings. The Morgan fingerprint density at radius 3 is 2.47 bits per heavy atom. The molecule has 0 amide bonds. The van der Waals surface area contributed by atoms with Crippen molar-refractivity contribution in [3.8, 4) is 0 Å². The Balaban J connectivity index is 2.80. The fraction of sp³-hybridized carbons (Fsp3) is 1.00. The fourth-order valence-corrected chi connectivity index (χ4v) is 3.50. The van der Waals surface area contributed by atoms with Crippen molar-refractivity contribution in [1.29, 1.82) is 0 Å². The topological polar surface area (TPSA) is 66.6 Å². The molecule has 1 heterocycles. The fourth-order valence-electron chi connectivity index (χ4n) is 1.82. The van der Waals surface area contributed by atoms with Gasteiger partial charge in [0.1, 0.15) is 0 Å². The average molecular weight is 235 g/mol. The van der Waals surface area contributed by atoms with E-state index in [4.69, 9.17) is 5.73 Å². The molecule has 1 unspecified atom stereocenters. The Morgan fingerprint density at radius 2 is 2.00 bits per heavy atom. The molecule has 1 aliphatic heterocycles. The summed E-state index contributed by atoms with van der Waals surface area (Å²) in [5.41, 5.74) is 5.60. The zero-order valence-electron chi connectivity index (χ0n) is 9.68. The van der Waals surface area contributed by atoms with E-state index in [0.29, 0.717) is 32.1 Å². The van der Waals surface area contributed by atoms with Gasteiger partial charge in [0.05, 0.1) is 0 Å². The zero-order valence-corrected chi connectivity index (χ0v) is 10.5. The predicted octanol–water partition coefficient (Wildman–Crippen LogP) is -0.290. The lowest BCUT2D eigenvalue weighted by Gasteiger charge is -2.37. The van der Waals surface area contributed by atoms with Crippen molar-refractivity contribution in [3.05, 3.63) is 0 Å².